The van der Waals surface area contributed by atoms with E-state index in [1.165, 1.54) is 25.7 Å². The third-order valence-corrected chi connectivity index (χ3v) is 4.09. The van der Waals surface area contributed by atoms with Crippen LogP contribution in [0.3, 0.4) is 0 Å². The number of rotatable bonds is 4. The molecule has 1 saturated heterocycles. The molecule has 1 N–H and O–H groups in total. The Balaban J connectivity index is 1.76. The Labute approximate surface area is 91.5 Å². The topological polar surface area (TPSA) is 40.5 Å². The van der Waals surface area contributed by atoms with Gasteiger partial charge < -0.3 is 5.11 Å². The first-order valence-corrected chi connectivity index (χ1v) is 6.13. The van der Waals surface area contributed by atoms with Gasteiger partial charge in [-0.05, 0) is 32.2 Å². The average molecular weight is 211 g/mol. The van der Waals surface area contributed by atoms with Gasteiger partial charge in [0.05, 0.1) is 5.92 Å². The lowest BCUT2D eigenvalue weighted by atomic mass is 9.81. The number of aliphatic carboxylic acids is 1. The molecule has 1 saturated carbocycles. The fraction of sp³-hybridized carbons (Fsp3) is 0.917. The van der Waals surface area contributed by atoms with E-state index in [2.05, 4.69) is 11.8 Å². The van der Waals surface area contributed by atoms with Crippen LogP contribution in [-0.4, -0.2) is 35.1 Å². The third-order valence-electron chi connectivity index (χ3n) is 4.09. The molecule has 0 bridgehead atoms. The second-order valence-electron chi connectivity index (χ2n) is 5.20. The van der Waals surface area contributed by atoms with Crippen LogP contribution in [0.2, 0.25) is 0 Å². The smallest absolute Gasteiger partial charge is 0.307 e. The van der Waals surface area contributed by atoms with Crippen LogP contribution < -0.4 is 0 Å². The molecule has 0 aromatic heterocycles. The zero-order chi connectivity index (χ0) is 10.8. The van der Waals surface area contributed by atoms with E-state index in [4.69, 9.17) is 5.11 Å². The summed E-state index contributed by atoms with van der Waals surface area (Å²) in [6.45, 7) is 4.00. The number of carboxylic acid groups (broad SMARTS) is 1. The molecule has 1 aliphatic heterocycles. The highest BCUT2D eigenvalue weighted by atomic mass is 16.4. The zero-order valence-electron chi connectivity index (χ0n) is 9.48. The van der Waals surface area contributed by atoms with E-state index < -0.39 is 5.97 Å². The van der Waals surface area contributed by atoms with Crippen molar-refractivity contribution in [3.63, 3.8) is 0 Å². The first kappa shape index (κ1) is 10.9. The Hall–Kier alpha value is -0.570. The molecule has 1 heterocycles. The Morgan fingerprint density at radius 2 is 2.20 bits per heavy atom. The van der Waals surface area contributed by atoms with Crippen molar-refractivity contribution in [2.24, 2.45) is 11.8 Å². The highest BCUT2D eigenvalue weighted by Gasteiger charge is 2.32. The highest BCUT2D eigenvalue weighted by Crippen LogP contribution is 2.32. The maximum Gasteiger partial charge on any atom is 0.307 e. The average Bonchev–Trinajstić information content (AvgIpc) is 2.59. The summed E-state index contributed by atoms with van der Waals surface area (Å²) in [6, 6.07) is 0.583. The molecule has 2 aliphatic rings. The standard InChI is InChI=1S/C12H21NO2/c1-9(7-10-3-2-4-10)13-6-5-11(8-13)12(14)15/h9-11H,2-8H2,1H3,(H,14,15). The Bertz CT molecular complexity index is 238. The molecule has 0 radical (unpaired) electrons. The maximum absolute atomic E-state index is 10.8. The quantitative estimate of drug-likeness (QED) is 0.773. The van der Waals surface area contributed by atoms with Crippen LogP contribution in [0.25, 0.3) is 0 Å². The predicted molar refractivity (Wildman–Crippen MR) is 58.7 cm³/mol. The van der Waals surface area contributed by atoms with Crippen LogP contribution in [-0.2, 0) is 4.79 Å². The molecule has 0 spiro atoms. The zero-order valence-corrected chi connectivity index (χ0v) is 9.48. The maximum atomic E-state index is 10.8. The molecule has 0 aromatic rings. The number of carbonyl (C=O) groups is 1. The van der Waals surface area contributed by atoms with Crippen LogP contribution in [0.4, 0.5) is 0 Å². The van der Waals surface area contributed by atoms with Gasteiger partial charge in [-0.2, -0.15) is 0 Å². The second-order valence-corrected chi connectivity index (χ2v) is 5.20. The van der Waals surface area contributed by atoms with Gasteiger partial charge in [0.25, 0.3) is 0 Å². The number of carboxylic acids is 1. The summed E-state index contributed by atoms with van der Waals surface area (Å²) in [5, 5.41) is 8.93. The molecule has 0 aromatic carbocycles. The minimum Gasteiger partial charge on any atom is -0.481 e. The van der Waals surface area contributed by atoms with Gasteiger partial charge in [0, 0.05) is 12.6 Å². The summed E-state index contributed by atoms with van der Waals surface area (Å²) in [4.78, 5) is 13.2. The molecule has 86 valence electrons. The van der Waals surface area contributed by atoms with Crippen molar-refractivity contribution in [1.82, 2.24) is 4.90 Å². The van der Waals surface area contributed by atoms with Crippen molar-refractivity contribution >= 4 is 5.97 Å². The Morgan fingerprint density at radius 1 is 1.47 bits per heavy atom. The molecule has 0 amide bonds. The van der Waals surface area contributed by atoms with Crippen LogP contribution in [0.1, 0.15) is 39.0 Å². The molecule has 15 heavy (non-hydrogen) atoms. The summed E-state index contributed by atoms with van der Waals surface area (Å²) in [5.74, 6) is 0.186. The van der Waals surface area contributed by atoms with Gasteiger partial charge in [0.2, 0.25) is 0 Å². The van der Waals surface area contributed by atoms with Crippen molar-refractivity contribution < 1.29 is 9.90 Å². The molecular formula is C12H21NO2. The van der Waals surface area contributed by atoms with Gasteiger partial charge in [0.15, 0.2) is 0 Å². The van der Waals surface area contributed by atoms with E-state index in [1.807, 2.05) is 0 Å². The largest absolute Gasteiger partial charge is 0.481 e. The minimum absolute atomic E-state index is 0.117. The number of likely N-dealkylation sites (tertiary alicyclic amines) is 1. The van der Waals surface area contributed by atoms with E-state index in [9.17, 15) is 4.79 Å². The van der Waals surface area contributed by atoms with Gasteiger partial charge in [-0.25, -0.2) is 0 Å². The normalized spacial score (nSPS) is 30.1. The molecule has 2 rings (SSSR count). The minimum atomic E-state index is -0.617. The van der Waals surface area contributed by atoms with Crippen molar-refractivity contribution in [1.29, 1.82) is 0 Å². The van der Waals surface area contributed by atoms with E-state index in [1.54, 1.807) is 0 Å². The van der Waals surface area contributed by atoms with E-state index in [0.29, 0.717) is 6.04 Å². The highest BCUT2D eigenvalue weighted by molar-refractivity contribution is 5.70. The van der Waals surface area contributed by atoms with Crippen LogP contribution >= 0.6 is 0 Å². The molecule has 1 aliphatic carbocycles. The monoisotopic (exact) mass is 211 g/mol. The lowest BCUT2D eigenvalue weighted by Gasteiger charge is -2.32. The van der Waals surface area contributed by atoms with Crippen molar-refractivity contribution in [2.75, 3.05) is 13.1 Å². The molecular weight excluding hydrogens is 190 g/mol. The predicted octanol–water partition coefficient (Wildman–Crippen LogP) is 1.97. The first-order valence-electron chi connectivity index (χ1n) is 6.13. The van der Waals surface area contributed by atoms with E-state index in [0.717, 1.165) is 25.4 Å². The molecule has 2 atom stereocenters. The molecule has 2 fully saturated rings. The van der Waals surface area contributed by atoms with Crippen LogP contribution in [0, 0.1) is 11.8 Å². The summed E-state index contributed by atoms with van der Waals surface area (Å²) in [6.07, 6.45) is 6.28. The van der Waals surface area contributed by atoms with Crippen LogP contribution in [0.15, 0.2) is 0 Å². The van der Waals surface area contributed by atoms with Gasteiger partial charge >= 0.3 is 5.97 Å². The summed E-state index contributed by atoms with van der Waals surface area (Å²) >= 11 is 0. The lowest BCUT2D eigenvalue weighted by Crippen LogP contribution is -2.34. The number of hydrogen-bond acceptors (Lipinski definition) is 2. The second kappa shape index (κ2) is 4.52. The number of nitrogens with zero attached hydrogens (tertiary/aromatic N) is 1. The summed E-state index contributed by atoms with van der Waals surface area (Å²) in [5.41, 5.74) is 0. The third kappa shape index (κ3) is 2.51. The van der Waals surface area contributed by atoms with E-state index >= 15 is 0 Å². The van der Waals surface area contributed by atoms with Gasteiger partial charge in [-0.1, -0.05) is 19.3 Å². The summed E-state index contributed by atoms with van der Waals surface area (Å²) in [7, 11) is 0. The lowest BCUT2D eigenvalue weighted by molar-refractivity contribution is -0.141. The van der Waals surface area contributed by atoms with Gasteiger partial charge in [0.1, 0.15) is 0 Å². The van der Waals surface area contributed by atoms with Crippen molar-refractivity contribution in [3.8, 4) is 0 Å². The Morgan fingerprint density at radius 3 is 2.67 bits per heavy atom. The first-order chi connectivity index (χ1) is 7.16. The van der Waals surface area contributed by atoms with Gasteiger partial charge in [-0.3, -0.25) is 9.69 Å². The van der Waals surface area contributed by atoms with E-state index in [-0.39, 0.29) is 5.92 Å². The fourth-order valence-electron chi connectivity index (χ4n) is 2.75. The molecule has 3 heteroatoms. The fourth-order valence-corrected chi connectivity index (χ4v) is 2.75. The number of hydrogen-bond donors (Lipinski definition) is 1. The SMILES string of the molecule is CC(CC1CCC1)N1CCC(C(=O)O)C1. The van der Waals surface area contributed by atoms with Crippen LogP contribution in [0.5, 0.6) is 0 Å². The van der Waals surface area contributed by atoms with Crippen molar-refractivity contribution in [2.45, 2.75) is 45.1 Å². The molecule has 2 unspecified atom stereocenters. The van der Waals surface area contributed by atoms with Gasteiger partial charge in [-0.15, -0.1) is 0 Å². The molecule has 3 nitrogen and oxygen atoms in total. The summed E-state index contributed by atoms with van der Waals surface area (Å²) < 4.78 is 0. The Kier molecular flexibility index (Phi) is 3.29. The van der Waals surface area contributed by atoms with Crippen molar-refractivity contribution in [3.05, 3.63) is 0 Å².